The van der Waals surface area contributed by atoms with Gasteiger partial charge in [-0.05, 0) is 6.07 Å². The molecular formula is C11H9O2-. The van der Waals surface area contributed by atoms with E-state index in [-0.39, 0.29) is 5.56 Å². The van der Waals surface area contributed by atoms with Crippen molar-refractivity contribution in [2.75, 3.05) is 0 Å². The van der Waals surface area contributed by atoms with E-state index >= 15 is 0 Å². The quantitative estimate of drug-likeness (QED) is 0.589. The van der Waals surface area contributed by atoms with Gasteiger partial charge in [-0.2, -0.15) is 0 Å². The van der Waals surface area contributed by atoms with Gasteiger partial charge in [-0.15, -0.1) is 0 Å². The average Bonchev–Trinajstić information content (AvgIpc) is 2.15. The van der Waals surface area contributed by atoms with E-state index < -0.39 is 5.97 Å². The molecule has 0 aliphatic carbocycles. The molecule has 0 saturated carbocycles. The van der Waals surface area contributed by atoms with Gasteiger partial charge in [0.15, 0.2) is 0 Å². The zero-order chi connectivity index (χ0) is 9.68. The number of carbonyl (C=O) groups is 1. The molecule has 13 heavy (non-hydrogen) atoms. The van der Waals surface area contributed by atoms with Crippen molar-refractivity contribution in [1.29, 1.82) is 0 Å². The minimum absolute atomic E-state index is 0.156. The Kier molecular flexibility index (Phi) is 3.10. The summed E-state index contributed by atoms with van der Waals surface area (Å²) in [6, 6.07) is 6.58. The zero-order valence-corrected chi connectivity index (χ0v) is 7.33. The van der Waals surface area contributed by atoms with Crippen molar-refractivity contribution in [2.24, 2.45) is 0 Å². The van der Waals surface area contributed by atoms with E-state index in [4.69, 9.17) is 0 Å². The van der Waals surface area contributed by atoms with Gasteiger partial charge in [-0.25, -0.2) is 0 Å². The third-order valence-corrected chi connectivity index (χ3v) is 1.55. The Morgan fingerprint density at radius 1 is 1.46 bits per heavy atom. The highest BCUT2D eigenvalue weighted by Gasteiger charge is 1.97. The SMILES string of the molecule is CCC#Cc1ccccc1C(=O)[O-]. The van der Waals surface area contributed by atoms with Crippen LogP contribution in [-0.4, -0.2) is 5.97 Å². The van der Waals surface area contributed by atoms with Crippen molar-refractivity contribution in [3.05, 3.63) is 35.4 Å². The van der Waals surface area contributed by atoms with E-state index in [9.17, 15) is 9.90 Å². The van der Waals surface area contributed by atoms with Crippen molar-refractivity contribution in [1.82, 2.24) is 0 Å². The molecule has 2 nitrogen and oxygen atoms in total. The molecule has 0 fully saturated rings. The molecule has 0 aliphatic rings. The van der Waals surface area contributed by atoms with Crippen molar-refractivity contribution in [2.45, 2.75) is 13.3 Å². The molecule has 0 spiro atoms. The van der Waals surface area contributed by atoms with Crippen LogP contribution in [0.15, 0.2) is 24.3 Å². The summed E-state index contributed by atoms with van der Waals surface area (Å²) >= 11 is 0. The molecule has 66 valence electrons. The summed E-state index contributed by atoms with van der Waals surface area (Å²) in [7, 11) is 0. The molecule has 0 radical (unpaired) electrons. The lowest BCUT2D eigenvalue weighted by molar-refractivity contribution is -0.255. The largest absolute Gasteiger partial charge is 0.545 e. The van der Waals surface area contributed by atoms with Crippen molar-refractivity contribution in [3.8, 4) is 11.8 Å². The van der Waals surface area contributed by atoms with Gasteiger partial charge >= 0.3 is 0 Å². The van der Waals surface area contributed by atoms with Crippen molar-refractivity contribution >= 4 is 5.97 Å². The lowest BCUT2D eigenvalue weighted by Gasteiger charge is -2.03. The number of aromatic carboxylic acids is 1. The first-order chi connectivity index (χ1) is 6.25. The Labute approximate surface area is 77.2 Å². The number of carboxylic acids is 1. The van der Waals surface area contributed by atoms with E-state index in [1.807, 2.05) is 6.92 Å². The van der Waals surface area contributed by atoms with E-state index in [0.717, 1.165) is 0 Å². The summed E-state index contributed by atoms with van der Waals surface area (Å²) in [6.45, 7) is 1.91. The van der Waals surface area contributed by atoms with Gasteiger partial charge in [0.25, 0.3) is 0 Å². The fourth-order valence-corrected chi connectivity index (χ4v) is 0.954. The molecule has 1 aromatic rings. The maximum atomic E-state index is 10.6. The number of carbonyl (C=O) groups excluding carboxylic acids is 1. The highest BCUT2D eigenvalue weighted by Crippen LogP contribution is 2.05. The third-order valence-electron chi connectivity index (χ3n) is 1.55. The highest BCUT2D eigenvalue weighted by molar-refractivity contribution is 5.88. The van der Waals surface area contributed by atoms with Crippen LogP contribution in [0.5, 0.6) is 0 Å². The lowest BCUT2D eigenvalue weighted by Crippen LogP contribution is -2.23. The van der Waals surface area contributed by atoms with Gasteiger partial charge in [-0.3, -0.25) is 0 Å². The van der Waals surface area contributed by atoms with E-state index in [1.165, 1.54) is 6.07 Å². The summed E-state index contributed by atoms with van der Waals surface area (Å²) in [5.41, 5.74) is 0.674. The first-order valence-electron chi connectivity index (χ1n) is 4.05. The Morgan fingerprint density at radius 3 is 2.77 bits per heavy atom. The molecule has 0 N–H and O–H groups in total. The average molecular weight is 173 g/mol. The maximum Gasteiger partial charge on any atom is 0.0727 e. The molecule has 0 atom stereocenters. The Morgan fingerprint density at radius 2 is 2.15 bits per heavy atom. The smallest absolute Gasteiger partial charge is 0.0727 e. The normalized spacial score (nSPS) is 8.69. The molecule has 2 heteroatoms. The second-order valence-corrected chi connectivity index (χ2v) is 2.49. The van der Waals surface area contributed by atoms with Crippen LogP contribution in [0.2, 0.25) is 0 Å². The summed E-state index contributed by atoms with van der Waals surface area (Å²) < 4.78 is 0. The highest BCUT2D eigenvalue weighted by atomic mass is 16.4. The molecule has 0 aliphatic heterocycles. The van der Waals surface area contributed by atoms with Gasteiger partial charge in [-0.1, -0.05) is 37.0 Å². The minimum Gasteiger partial charge on any atom is -0.545 e. The van der Waals surface area contributed by atoms with Crippen LogP contribution >= 0.6 is 0 Å². The first kappa shape index (κ1) is 9.34. The lowest BCUT2D eigenvalue weighted by atomic mass is 10.1. The summed E-state index contributed by atoms with van der Waals surface area (Å²) in [6.07, 6.45) is 0.710. The Balaban J connectivity index is 3.12. The van der Waals surface area contributed by atoms with Crippen LogP contribution in [-0.2, 0) is 0 Å². The number of rotatable bonds is 1. The maximum absolute atomic E-state index is 10.6. The standard InChI is InChI=1S/C11H10O2/c1-2-3-6-9-7-4-5-8-10(9)11(12)13/h4-5,7-8H,2H2,1H3,(H,12,13)/p-1. The minimum atomic E-state index is -1.18. The molecule has 0 saturated heterocycles. The van der Waals surface area contributed by atoms with E-state index in [2.05, 4.69) is 11.8 Å². The first-order valence-corrected chi connectivity index (χ1v) is 4.05. The zero-order valence-electron chi connectivity index (χ0n) is 7.33. The van der Waals surface area contributed by atoms with Gasteiger partial charge in [0, 0.05) is 17.5 Å². The van der Waals surface area contributed by atoms with Gasteiger partial charge < -0.3 is 9.90 Å². The molecule has 0 bridgehead atoms. The van der Waals surface area contributed by atoms with Gasteiger partial charge in [0.2, 0.25) is 0 Å². The second kappa shape index (κ2) is 4.32. The predicted octanol–water partition coefficient (Wildman–Crippen LogP) is 0.812. The summed E-state index contributed by atoms with van der Waals surface area (Å²) in [5.74, 6) is 4.41. The van der Waals surface area contributed by atoms with Crippen molar-refractivity contribution in [3.63, 3.8) is 0 Å². The van der Waals surface area contributed by atoms with Gasteiger partial charge in [0.05, 0.1) is 5.97 Å². The van der Waals surface area contributed by atoms with Gasteiger partial charge in [0.1, 0.15) is 0 Å². The third kappa shape index (κ3) is 2.34. The second-order valence-electron chi connectivity index (χ2n) is 2.49. The summed E-state index contributed by atoms with van der Waals surface area (Å²) in [4.78, 5) is 10.6. The topological polar surface area (TPSA) is 40.1 Å². The molecule has 0 amide bonds. The van der Waals surface area contributed by atoms with Crippen LogP contribution in [0.4, 0.5) is 0 Å². The number of hydrogen-bond donors (Lipinski definition) is 0. The fourth-order valence-electron chi connectivity index (χ4n) is 0.954. The summed E-state index contributed by atoms with van der Waals surface area (Å²) in [5, 5.41) is 10.6. The Bertz CT molecular complexity index is 369. The monoisotopic (exact) mass is 173 g/mol. The number of hydrogen-bond acceptors (Lipinski definition) is 2. The number of carboxylic acid groups (broad SMARTS) is 1. The molecule has 1 rings (SSSR count). The number of benzene rings is 1. The fraction of sp³-hybridized carbons (Fsp3) is 0.182. The van der Waals surface area contributed by atoms with Crippen molar-refractivity contribution < 1.29 is 9.90 Å². The van der Waals surface area contributed by atoms with E-state index in [0.29, 0.717) is 12.0 Å². The molecule has 0 unspecified atom stereocenters. The van der Waals surface area contributed by atoms with Crippen LogP contribution in [0.1, 0.15) is 29.3 Å². The van der Waals surface area contributed by atoms with Crippen LogP contribution < -0.4 is 5.11 Å². The molecular weight excluding hydrogens is 164 g/mol. The molecule has 0 heterocycles. The predicted molar refractivity (Wildman–Crippen MR) is 47.9 cm³/mol. The van der Waals surface area contributed by atoms with Crippen LogP contribution in [0.3, 0.4) is 0 Å². The van der Waals surface area contributed by atoms with Crippen LogP contribution in [0, 0.1) is 11.8 Å². The van der Waals surface area contributed by atoms with Crippen LogP contribution in [0.25, 0.3) is 0 Å². The Hall–Kier alpha value is -1.75. The van der Waals surface area contributed by atoms with E-state index in [1.54, 1.807) is 18.2 Å². The molecule has 0 aromatic heterocycles. The molecule has 1 aromatic carbocycles.